The van der Waals surface area contributed by atoms with Crippen LogP contribution >= 0.6 is 0 Å². The Morgan fingerprint density at radius 1 is 1.26 bits per heavy atom. The van der Waals surface area contributed by atoms with Gasteiger partial charge in [-0.05, 0) is 55.7 Å². The number of nitrogens with zero attached hydrogens (tertiary/aromatic N) is 2. The van der Waals surface area contributed by atoms with Crippen molar-refractivity contribution in [3.05, 3.63) is 86.7 Å². The van der Waals surface area contributed by atoms with Gasteiger partial charge >= 0.3 is 12.1 Å². The van der Waals surface area contributed by atoms with Crippen LogP contribution in [0.3, 0.4) is 0 Å². The number of hydrogen-bond acceptors (Lipinski definition) is 5. The molecular weight excluding hydrogens is 467 g/mol. The summed E-state index contributed by atoms with van der Waals surface area (Å²) in [5.74, 6) is -1.34. The molecule has 2 N–H and O–H groups in total. The SMILES string of the molecule is Cc1c(C=CC(=O)O)cc(C(=O)NCc2cc(C3CC3)no2)c(=O)n1-c1cccc(C(F)(F)F)c1. The standard InChI is InChI=1S/C24H20F3N3O5/c1-13-15(7-8-21(31)32)9-19(22(33)28-12-18-11-20(29-35-18)14-5-6-14)23(34)30(13)17-4-2-3-16(10-17)24(25,26)27/h2-4,7-11,14H,5-6,12H2,1H3,(H,28,33)(H,31,32). The van der Waals surface area contributed by atoms with Crippen molar-refractivity contribution in [2.45, 2.75) is 38.4 Å². The molecule has 1 aromatic carbocycles. The van der Waals surface area contributed by atoms with Gasteiger partial charge in [-0.25, -0.2) is 4.79 Å². The summed E-state index contributed by atoms with van der Waals surface area (Å²) in [5.41, 5.74) is -1.21. The number of aromatic nitrogens is 2. The summed E-state index contributed by atoms with van der Waals surface area (Å²) < 4.78 is 45.9. The molecule has 1 saturated carbocycles. The number of carboxylic acid groups (broad SMARTS) is 1. The van der Waals surface area contributed by atoms with Crippen molar-refractivity contribution in [3.63, 3.8) is 0 Å². The maximum absolute atomic E-state index is 13.3. The van der Waals surface area contributed by atoms with E-state index in [2.05, 4.69) is 10.5 Å². The molecule has 182 valence electrons. The van der Waals surface area contributed by atoms with Crippen LogP contribution in [0, 0.1) is 6.92 Å². The van der Waals surface area contributed by atoms with Crippen LogP contribution in [0.25, 0.3) is 11.8 Å². The summed E-state index contributed by atoms with van der Waals surface area (Å²) in [5, 5.41) is 15.5. The Morgan fingerprint density at radius 2 is 2.00 bits per heavy atom. The van der Waals surface area contributed by atoms with Gasteiger partial charge < -0.3 is 14.9 Å². The van der Waals surface area contributed by atoms with E-state index in [1.807, 2.05) is 0 Å². The number of rotatable bonds is 7. The Hall–Kier alpha value is -4.15. The number of carboxylic acids is 1. The van der Waals surface area contributed by atoms with Crippen LogP contribution in [0.1, 0.15) is 57.4 Å². The number of amides is 1. The van der Waals surface area contributed by atoms with Gasteiger partial charge in [0, 0.05) is 29.4 Å². The first-order valence-corrected chi connectivity index (χ1v) is 10.6. The largest absolute Gasteiger partial charge is 0.478 e. The van der Waals surface area contributed by atoms with Gasteiger partial charge in [0.05, 0.1) is 17.8 Å². The van der Waals surface area contributed by atoms with E-state index in [0.29, 0.717) is 11.7 Å². The van der Waals surface area contributed by atoms with Gasteiger partial charge in [-0.3, -0.25) is 14.2 Å². The predicted octanol–water partition coefficient (Wildman–Crippen LogP) is 4.06. The van der Waals surface area contributed by atoms with Crippen LogP contribution < -0.4 is 10.9 Å². The Labute approximate surface area is 196 Å². The molecule has 0 atom stereocenters. The summed E-state index contributed by atoms with van der Waals surface area (Å²) >= 11 is 0. The third-order valence-corrected chi connectivity index (χ3v) is 5.56. The minimum Gasteiger partial charge on any atom is -0.478 e. The summed E-state index contributed by atoms with van der Waals surface area (Å²) in [6.07, 6.45) is -0.646. The first-order chi connectivity index (χ1) is 16.5. The van der Waals surface area contributed by atoms with Crippen LogP contribution in [0.4, 0.5) is 13.2 Å². The molecule has 0 bridgehead atoms. The predicted molar refractivity (Wildman–Crippen MR) is 118 cm³/mol. The average molecular weight is 487 g/mol. The fourth-order valence-electron chi connectivity index (χ4n) is 3.59. The molecule has 0 spiro atoms. The summed E-state index contributed by atoms with van der Waals surface area (Å²) in [6.45, 7) is 1.38. The zero-order valence-corrected chi connectivity index (χ0v) is 18.4. The molecule has 11 heteroatoms. The number of hydrogen-bond donors (Lipinski definition) is 2. The lowest BCUT2D eigenvalue weighted by atomic mass is 10.1. The van der Waals surface area contributed by atoms with E-state index in [0.717, 1.165) is 53.5 Å². The molecule has 0 saturated heterocycles. The first-order valence-electron chi connectivity index (χ1n) is 10.6. The summed E-state index contributed by atoms with van der Waals surface area (Å²) in [4.78, 5) is 37.2. The zero-order valence-electron chi connectivity index (χ0n) is 18.4. The normalized spacial score (nSPS) is 13.8. The van der Waals surface area contributed by atoms with E-state index in [1.165, 1.54) is 19.1 Å². The van der Waals surface area contributed by atoms with E-state index in [1.54, 1.807) is 6.07 Å². The molecule has 1 aliphatic rings. The average Bonchev–Trinajstić information content (AvgIpc) is 3.54. The highest BCUT2D eigenvalue weighted by atomic mass is 19.4. The van der Waals surface area contributed by atoms with Crippen molar-refractivity contribution >= 4 is 18.0 Å². The molecule has 1 aliphatic carbocycles. The van der Waals surface area contributed by atoms with Gasteiger partial charge in [0.1, 0.15) is 5.56 Å². The minimum absolute atomic E-state index is 0.0598. The van der Waals surface area contributed by atoms with Crippen LogP contribution in [0.5, 0.6) is 0 Å². The molecular formula is C24H20F3N3O5. The van der Waals surface area contributed by atoms with Crippen molar-refractivity contribution in [1.82, 2.24) is 15.0 Å². The van der Waals surface area contributed by atoms with Crippen molar-refractivity contribution < 1.29 is 32.4 Å². The van der Waals surface area contributed by atoms with Crippen molar-refractivity contribution in [1.29, 1.82) is 0 Å². The summed E-state index contributed by atoms with van der Waals surface area (Å²) in [7, 11) is 0. The van der Waals surface area contributed by atoms with Gasteiger partial charge in [0.15, 0.2) is 5.76 Å². The maximum Gasteiger partial charge on any atom is 0.416 e. The van der Waals surface area contributed by atoms with Gasteiger partial charge in [-0.2, -0.15) is 13.2 Å². The lowest BCUT2D eigenvalue weighted by molar-refractivity contribution is -0.137. The van der Waals surface area contributed by atoms with Crippen molar-refractivity contribution in [3.8, 4) is 5.69 Å². The van der Waals surface area contributed by atoms with Crippen LogP contribution in [0.15, 0.2) is 51.8 Å². The number of halogens is 3. The smallest absolute Gasteiger partial charge is 0.416 e. The highest BCUT2D eigenvalue weighted by molar-refractivity contribution is 5.95. The number of pyridine rings is 1. The van der Waals surface area contributed by atoms with Crippen molar-refractivity contribution in [2.75, 3.05) is 0 Å². The molecule has 35 heavy (non-hydrogen) atoms. The van der Waals surface area contributed by atoms with Gasteiger partial charge in [-0.1, -0.05) is 11.2 Å². The van der Waals surface area contributed by atoms with E-state index in [-0.39, 0.29) is 29.1 Å². The van der Waals surface area contributed by atoms with Gasteiger partial charge in [0.2, 0.25) is 0 Å². The number of carbonyl (C=O) groups is 2. The van der Waals surface area contributed by atoms with E-state index in [4.69, 9.17) is 9.63 Å². The Morgan fingerprint density at radius 3 is 2.66 bits per heavy atom. The topological polar surface area (TPSA) is 114 Å². The third kappa shape index (κ3) is 5.34. The highest BCUT2D eigenvalue weighted by Gasteiger charge is 2.31. The second-order valence-corrected chi connectivity index (χ2v) is 8.13. The molecule has 2 aromatic heterocycles. The monoisotopic (exact) mass is 487 g/mol. The molecule has 0 aliphatic heterocycles. The van der Waals surface area contributed by atoms with E-state index < -0.39 is 29.2 Å². The Balaban J connectivity index is 1.73. The maximum atomic E-state index is 13.3. The minimum atomic E-state index is -4.65. The lowest BCUT2D eigenvalue weighted by Gasteiger charge is -2.16. The Kier molecular flexibility index (Phi) is 6.33. The first kappa shape index (κ1) is 24.0. The second-order valence-electron chi connectivity index (χ2n) is 8.13. The molecule has 8 nitrogen and oxygen atoms in total. The number of alkyl halides is 3. The lowest BCUT2D eigenvalue weighted by Crippen LogP contribution is -2.33. The van der Waals surface area contributed by atoms with Crippen molar-refractivity contribution in [2.24, 2.45) is 0 Å². The van der Waals surface area contributed by atoms with E-state index in [9.17, 15) is 27.6 Å². The number of carbonyl (C=O) groups excluding carboxylic acids is 1. The molecule has 3 aromatic rings. The fourth-order valence-corrected chi connectivity index (χ4v) is 3.59. The second kappa shape index (κ2) is 9.24. The molecule has 2 heterocycles. The van der Waals surface area contributed by atoms with Crippen LogP contribution in [-0.4, -0.2) is 26.7 Å². The highest BCUT2D eigenvalue weighted by Crippen LogP contribution is 2.39. The van der Waals surface area contributed by atoms with Crippen LogP contribution in [0.2, 0.25) is 0 Å². The van der Waals surface area contributed by atoms with Crippen LogP contribution in [-0.2, 0) is 17.5 Å². The molecule has 1 fully saturated rings. The Bertz CT molecular complexity index is 1380. The molecule has 0 unspecified atom stereocenters. The fraction of sp³-hybridized carbons (Fsp3) is 0.250. The third-order valence-electron chi connectivity index (χ3n) is 5.56. The molecule has 1 amide bonds. The van der Waals surface area contributed by atoms with Gasteiger partial charge in [0.25, 0.3) is 11.5 Å². The molecule has 0 radical (unpaired) electrons. The van der Waals surface area contributed by atoms with Gasteiger partial charge in [-0.15, -0.1) is 0 Å². The zero-order chi connectivity index (χ0) is 25.3. The molecule has 4 rings (SSSR count). The number of nitrogens with one attached hydrogen (secondary N) is 1. The number of aliphatic carboxylic acids is 1. The van der Waals surface area contributed by atoms with E-state index >= 15 is 0 Å². The quantitative estimate of drug-likeness (QED) is 0.486. The number of benzene rings is 1. The summed E-state index contributed by atoms with van der Waals surface area (Å²) in [6, 6.07) is 7.00.